The van der Waals surface area contributed by atoms with Crippen LogP contribution in [0.15, 0.2) is 47.6 Å². The van der Waals surface area contributed by atoms with Crippen LogP contribution in [0.2, 0.25) is 0 Å². The minimum Gasteiger partial charge on any atom is -0.444 e. The van der Waals surface area contributed by atoms with Crippen LogP contribution >= 0.6 is 0 Å². The highest BCUT2D eigenvalue weighted by Gasteiger charge is 2.30. The van der Waals surface area contributed by atoms with Crippen LogP contribution in [0.3, 0.4) is 0 Å². The lowest BCUT2D eigenvalue weighted by Crippen LogP contribution is -2.49. The average Bonchev–Trinajstić information content (AvgIpc) is 3.54. The number of likely N-dealkylation sites (N-methyl/N-ethyl adjacent to an activating group) is 1. The number of hydrogen-bond donors (Lipinski definition) is 1. The first-order chi connectivity index (χ1) is 16.7. The molecule has 9 heteroatoms. The second-order valence-electron chi connectivity index (χ2n) is 9.50. The van der Waals surface area contributed by atoms with Gasteiger partial charge in [-0.1, -0.05) is 24.3 Å². The number of benzene rings is 1. The van der Waals surface area contributed by atoms with E-state index in [9.17, 15) is 0 Å². The first kappa shape index (κ1) is 21.2. The van der Waals surface area contributed by atoms with Gasteiger partial charge in [0.2, 0.25) is 0 Å². The minimum absolute atomic E-state index is 0.322. The van der Waals surface area contributed by atoms with Crippen LogP contribution in [0.25, 0.3) is 33.6 Å². The minimum atomic E-state index is 0.322. The summed E-state index contributed by atoms with van der Waals surface area (Å²) in [5.41, 5.74) is 9.95. The Kier molecular flexibility index (Phi) is 5.50. The Morgan fingerprint density at radius 1 is 0.912 bits per heavy atom. The maximum absolute atomic E-state index is 6.34. The molecule has 1 aliphatic carbocycles. The molecule has 0 bridgehead atoms. The van der Waals surface area contributed by atoms with E-state index >= 15 is 0 Å². The molecule has 9 nitrogen and oxygen atoms in total. The Morgan fingerprint density at radius 2 is 1.62 bits per heavy atom. The largest absolute Gasteiger partial charge is 0.444 e. The van der Waals surface area contributed by atoms with E-state index < -0.39 is 0 Å². The second-order valence-corrected chi connectivity index (χ2v) is 9.50. The molecule has 2 N–H and O–H groups in total. The predicted molar refractivity (Wildman–Crippen MR) is 131 cm³/mol. The lowest BCUT2D eigenvalue weighted by molar-refractivity contribution is 0.0815. The normalized spacial score (nSPS) is 22.4. The van der Waals surface area contributed by atoms with Crippen LogP contribution in [-0.2, 0) is 0 Å². The van der Waals surface area contributed by atoms with Gasteiger partial charge in [-0.15, -0.1) is 0 Å². The molecule has 6 rings (SSSR count). The van der Waals surface area contributed by atoms with Crippen molar-refractivity contribution in [2.24, 2.45) is 0 Å². The Morgan fingerprint density at radius 3 is 2.32 bits per heavy atom. The van der Waals surface area contributed by atoms with Crippen LogP contribution in [0.4, 0.5) is 5.82 Å². The van der Waals surface area contributed by atoms with Gasteiger partial charge in [0.15, 0.2) is 17.8 Å². The number of fused-ring (bicyclic) bond motifs is 1. The fraction of sp³-hybridized carbons (Fsp3) is 0.440. The molecule has 1 saturated heterocycles. The van der Waals surface area contributed by atoms with Crippen molar-refractivity contribution in [3.05, 3.63) is 43.2 Å². The van der Waals surface area contributed by atoms with Crippen LogP contribution in [0.1, 0.15) is 31.7 Å². The van der Waals surface area contributed by atoms with Gasteiger partial charge in [-0.3, -0.25) is 4.90 Å². The lowest BCUT2D eigenvalue weighted by atomic mass is 9.90. The zero-order chi connectivity index (χ0) is 23.1. The van der Waals surface area contributed by atoms with Crippen molar-refractivity contribution in [3.63, 3.8) is 0 Å². The van der Waals surface area contributed by atoms with E-state index in [2.05, 4.69) is 36.5 Å². The van der Waals surface area contributed by atoms with Gasteiger partial charge in [0, 0.05) is 43.3 Å². The highest BCUT2D eigenvalue weighted by molar-refractivity contribution is 5.98. The molecular weight excluding hydrogens is 428 g/mol. The first-order valence-electron chi connectivity index (χ1n) is 12.1. The summed E-state index contributed by atoms with van der Waals surface area (Å²) in [6, 6.07) is 9.11. The summed E-state index contributed by atoms with van der Waals surface area (Å²) in [5, 5.41) is 5.89. The molecule has 0 atom stereocenters. The molecule has 176 valence electrons. The number of piperazine rings is 1. The van der Waals surface area contributed by atoms with Crippen molar-refractivity contribution < 1.29 is 4.42 Å². The number of nitrogens with two attached hydrogens (primary N) is 1. The van der Waals surface area contributed by atoms with E-state index in [0.717, 1.165) is 46.5 Å². The van der Waals surface area contributed by atoms with E-state index in [4.69, 9.17) is 15.2 Å². The SMILES string of the molecule is CN1CCN([C@H]2CC[C@@H](n3nc(-c4ccc(-c5cnco5)cc4)c4c(N)ncnc43)CC2)CC1. The third-order valence-electron chi connectivity index (χ3n) is 7.46. The highest BCUT2D eigenvalue weighted by atomic mass is 16.3. The molecule has 4 heterocycles. The van der Waals surface area contributed by atoms with Crippen molar-refractivity contribution in [1.82, 2.24) is 34.5 Å². The van der Waals surface area contributed by atoms with Crippen LogP contribution in [-0.4, -0.2) is 73.8 Å². The summed E-state index contributed by atoms with van der Waals surface area (Å²) in [7, 11) is 2.21. The zero-order valence-corrected chi connectivity index (χ0v) is 19.5. The van der Waals surface area contributed by atoms with Crippen molar-refractivity contribution in [3.8, 4) is 22.6 Å². The Labute approximate surface area is 198 Å². The van der Waals surface area contributed by atoms with Gasteiger partial charge >= 0.3 is 0 Å². The quantitative estimate of drug-likeness (QED) is 0.496. The maximum atomic E-state index is 6.34. The molecule has 2 fully saturated rings. The van der Waals surface area contributed by atoms with Gasteiger partial charge < -0.3 is 15.1 Å². The molecular formula is C25H30N8O. The Bertz CT molecular complexity index is 1250. The van der Waals surface area contributed by atoms with Crippen molar-refractivity contribution in [2.45, 2.75) is 37.8 Å². The summed E-state index contributed by atoms with van der Waals surface area (Å²) in [5.74, 6) is 1.21. The van der Waals surface area contributed by atoms with E-state index in [1.807, 2.05) is 24.3 Å². The topological polar surface area (TPSA) is 102 Å². The first-order valence-corrected chi connectivity index (χ1v) is 12.1. The molecule has 3 aromatic heterocycles. The Balaban J connectivity index is 1.27. The molecule has 4 aromatic rings. The maximum Gasteiger partial charge on any atom is 0.181 e. The molecule has 0 radical (unpaired) electrons. The van der Waals surface area contributed by atoms with Gasteiger partial charge in [-0.2, -0.15) is 5.10 Å². The Hall–Kier alpha value is -3.30. The van der Waals surface area contributed by atoms with Gasteiger partial charge in [0.1, 0.15) is 17.8 Å². The molecule has 34 heavy (non-hydrogen) atoms. The number of aromatic nitrogens is 5. The van der Waals surface area contributed by atoms with Gasteiger partial charge in [0.05, 0.1) is 17.6 Å². The number of rotatable bonds is 4. The summed E-state index contributed by atoms with van der Waals surface area (Å²) in [4.78, 5) is 18.0. The third-order valence-corrected chi connectivity index (χ3v) is 7.46. The fourth-order valence-corrected chi connectivity index (χ4v) is 5.46. The summed E-state index contributed by atoms with van der Waals surface area (Å²) in [6.45, 7) is 4.68. The number of anilines is 1. The molecule has 1 aliphatic heterocycles. The third kappa shape index (κ3) is 3.84. The standard InChI is InChI=1S/C25H30N8O/c1-31-10-12-32(13-11-31)19-6-8-20(9-7-19)33-25-22(24(26)28-15-29-25)23(30-33)18-4-2-17(3-5-18)21-14-27-16-34-21/h2-5,14-16,19-20H,6-13H2,1H3,(H2,26,28,29)/t19-,20+. The molecule has 2 aliphatic rings. The van der Waals surface area contributed by atoms with Crippen molar-refractivity contribution >= 4 is 16.9 Å². The monoisotopic (exact) mass is 458 g/mol. The molecule has 1 saturated carbocycles. The summed E-state index contributed by atoms with van der Waals surface area (Å²) < 4.78 is 7.52. The number of nitrogens with zero attached hydrogens (tertiary/aromatic N) is 7. The highest BCUT2D eigenvalue weighted by Crippen LogP contribution is 2.37. The fourth-order valence-electron chi connectivity index (χ4n) is 5.46. The van der Waals surface area contributed by atoms with Gasteiger partial charge in [0.25, 0.3) is 0 Å². The van der Waals surface area contributed by atoms with Crippen molar-refractivity contribution in [1.29, 1.82) is 0 Å². The summed E-state index contributed by atoms with van der Waals surface area (Å²) in [6.07, 6.45) is 9.28. The zero-order valence-electron chi connectivity index (χ0n) is 19.5. The van der Waals surface area contributed by atoms with E-state index in [1.165, 1.54) is 45.4 Å². The van der Waals surface area contributed by atoms with E-state index in [0.29, 0.717) is 17.9 Å². The average molecular weight is 459 g/mol. The van der Waals surface area contributed by atoms with Crippen LogP contribution in [0.5, 0.6) is 0 Å². The number of nitrogen functional groups attached to an aromatic ring is 1. The van der Waals surface area contributed by atoms with E-state index in [1.54, 1.807) is 12.5 Å². The van der Waals surface area contributed by atoms with Crippen molar-refractivity contribution in [2.75, 3.05) is 39.0 Å². The predicted octanol–water partition coefficient (Wildman–Crippen LogP) is 3.46. The van der Waals surface area contributed by atoms with Gasteiger partial charge in [-0.05, 0) is 32.7 Å². The molecule has 0 spiro atoms. The summed E-state index contributed by atoms with van der Waals surface area (Å²) >= 11 is 0. The smallest absolute Gasteiger partial charge is 0.181 e. The molecule has 0 amide bonds. The van der Waals surface area contributed by atoms with E-state index in [-0.39, 0.29) is 0 Å². The number of hydrogen-bond acceptors (Lipinski definition) is 8. The lowest BCUT2D eigenvalue weighted by Gasteiger charge is -2.41. The van der Waals surface area contributed by atoms with Gasteiger partial charge in [-0.25, -0.2) is 19.6 Å². The number of oxazole rings is 1. The van der Waals surface area contributed by atoms with Crippen LogP contribution < -0.4 is 5.73 Å². The second kappa shape index (κ2) is 8.81. The molecule has 0 unspecified atom stereocenters. The van der Waals surface area contributed by atoms with Crippen LogP contribution in [0, 0.1) is 0 Å². The molecule has 1 aromatic carbocycles.